The first kappa shape index (κ1) is 14.9. The van der Waals surface area contributed by atoms with Gasteiger partial charge in [0.05, 0.1) is 21.3 Å². The van der Waals surface area contributed by atoms with Crippen molar-refractivity contribution in [2.45, 2.75) is 6.92 Å². The molecule has 5 heteroatoms. The van der Waals surface area contributed by atoms with Crippen LogP contribution in [0.2, 0.25) is 0 Å². The summed E-state index contributed by atoms with van der Waals surface area (Å²) in [5.41, 5.74) is 0.457. The standard InChI is InChI=1S/C14H19NO4/c1-5-6-7-15-14(16)10-8-11(17-2)13(19-4)12(9-10)18-3/h5-6,8-9H,7H2,1-4H3,(H,15,16)/b6-5-. The average molecular weight is 265 g/mol. The van der Waals surface area contributed by atoms with E-state index in [1.165, 1.54) is 21.3 Å². The zero-order valence-corrected chi connectivity index (χ0v) is 11.6. The summed E-state index contributed by atoms with van der Waals surface area (Å²) in [6, 6.07) is 3.23. The predicted octanol–water partition coefficient (Wildman–Crippen LogP) is 2.02. The van der Waals surface area contributed by atoms with Gasteiger partial charge in [0.15, 0.2) is 11.5 Å². The van der Waals surface area contributed by atoms with Gasteiger partial charge in [-0.25, -0.2) is 0 Å². The molecule has 0 aliphatic rings. The topological polar surface area (TPSA) is 56.8 Å². The van der Waals surface area contributed by atoms with Gasteiger partial charge in [-0.2, -0.15) is 0 Å². The van der Waals surface area contributed by atoms with Crippen molar-refractivity contribution in [2.24, 2.45) is 0 Å². The molecule has 0 aliphatic carbocycles. The lowest BCUT2D eigenvalue weighted by Gasteiger charge is -2.13. The Balaban J connectivity index is 3.05. The van der Waals surface area contributed by atoms with Crippen LogP contribution in [-0.4, -0.2) is 33.8 Å². The number of nitrogens with one attached hydrogen (secondary N) is 1. The number of methoxy groups -OCH3 is 3. The SMILES string of the molecule is C/C=C\CNC(=O)c1cc(OC)c(OC)c(OC)c1. The first-order chi connectivity index (χ1) is 9.17. The van der Waals surface area contributed by atoms with Gasteiger partial charge in [0.2, 0.25) is 5.75 Å². The molecule has 0 unspecified atom stereocenters. The molecular formula is C14H19NO4. The Morgan fingerprint density at radius 1 is 1.16 bits per heavy atom. The summed E-state index contributed by atoms with van der Waals surface area (Å²) in [6.07, 6.45) is 3.73. The van der Waals surface area contributed by atoms with E-state index in [0.717, 1.165) is 0 Å². The van der Waals surface area contributed by atoms with E-state index in [2.05, 4.69) is 5.32 Å². The minimum atomic E-state index is -0.197. The highest BCUT2D eigenvalue weighted by Gasteiger charge is 2.16. The number of allylic oxidation sites excluding steroid dienone is 1. The summed E-state index contributed by atoms with van der Waals surface area (Å²) in [5.74, 6) is 1.18. The quantitative estimate of drug-likeness (QED) is 0.799. The monoisotopic (exact) mass is 265 g/mol. The van der Waals surface area contributed by atoms with Gasteiger partial charge in [0, 0.05) is 12.1 Å². The predicted molar refractivity (Wildman–Crippen MR) is 73.2 cm³/mol. The number of hydrogen-bond acceptors (Lipinski definition) is 4. The van der Waals surface area contributed by atoms with Crippen molar-refractivity contribution >= 4 is 5.91 Å². The molecule has 0 atom stereocenters. The first-order valence-corrected chi connectivity index (χ1v) is 5.87. The molecule has 104 valence electrons. The van der Waals surface area contributed by atoms with Gasteiger partial charge in [-0.15, -0.1) is 0 Å². The van der Waals surface area contributed by atoms with Crippen LogP contribution in [0.3, 0.4) is 0 Å². The second-order valence-electron chi connectivity index (χ2n) is 3.69. The van der Waals surface area contributed by atoms with Crippen LogP contribution in [0.25, 0.3) is 0 Å². The Labute approximate surface area is 113 Å². The van der Waals surface area contributed by atoms with Crippen LogP contribution in [0.1, 0.15) is 17.3 Å². The van der Waals surface area contributed by atoms with Crippen LogP contribution in [0, 0.1) is 0 Å². The molecule has 0 heterocycles. The van der Waals surface area contributed by atoms with E-state index in [1.807, 2.05) is 19.1 Å². The van der Waals surface area contributed by atoms with E-state index in [0.29, 0.717) is 29.4 Å². The molecule has 1 rings (SSSR count). The fraction of sp³-hybridized carbons (Fsp3) is 0.357. The van der Waals surface area contributed by atoms with Crippen molar-refractivity contribution in [3.8, 4) is 17.2 Å². The van der Waals surface area contributed by atoms with E-state index >= 15 is 0 Å². The maximum atomic E-state index is 12.0. The number of amides is 1. The van der Waals surface area contributed by atoms with Gasteiger partial charge in [-0.05, 0) is 19.1 Å². The number of benzene rings is 1. The van der Waals surface area contributed by atoms with Crippen molar-refractivity contribution in [2.75, 3.05) is 27.9 Å². The molecular weight excluding hydrogens is 246 g/mol. The molecule has 1 amide bonds. The van der Waals surface area contributed by atoms with Crippen LogP contribution in [0.4, 0.5) is 0 Å². The Morgan fingerprint density at radius 2 is 1.74 bits per heavy atom. The fourth-order valence-electron chi connectivity index (χ4n) is 1.58. The van der Waals surface area contributed by atoms with E-state index in [4.69, 9.17) is 14.2 Å². The van der Waals surface area contributed by atoms with Gasteiger partial charge in [-0.3, -0.25) is 4.79 Å². The van der Waals surface area contributed by atoms with Crippen molar-refractivity contribution < 1.29 is 19.0 Å². The maximum Gasteiger partial charge on any atom is 0.251 e. The summed E-state index contributed by atoms with van der Waals surface area (Å²) in [6.45, 7) is 2.37. The first-order valence-electron chi connectivity index (χ1n) is 5.87. The molecule has 0 spiro atoms. The second-order valence-corrected chi connectivity index (χ2v) is 3.69. The van der Waals surface area contributed by atoms with Crippen LogP contribution in [0.5, 0.6) is 17.2 Å². The van der Waals surface area contributed by atoms with Gasteiger partial charge in [-0.1, -0.05) is 12.2 Å². The van der Waals surface area contributed by atoms with Crippen LogP contribution in [-0.2, 0) is 0 Å². The molecule has 5 nitrogen and oxygen atoms in total. The third-order valence-electron chi connectivity index (χ3n) is 2.54. The Kier molecular flexibility index (Phi) is 5.73. The smallest absolute Gasteiger partial charge is 0.251 e. The molecule has 1 aromatic rings. The third kappa shape index (κ3) is 3.64. The lowest BCUT2D eigenvalue weighted by molar-refractivity contribution is 0.0957. The van der Waals surface area contributed by atoms with Gasteiger partial charge in [0.25, 0.3) is 5.91 Å². The minimum Gasteiger partial charge on any atom is -0.493 e. The lowest BCUT2D eigenvalue weighted by Crippen LogP contribution is -2.23. The molecule has 19 heavy (non-hydrogen) atoms. The minimum absolute atomic E-state index is 0.197. The summed E-state index contributed by atoms with van der Waals surface area (Å²) >= 11 is 0. The van der Waals surface area contributed by atoms with Crippen molar-refractivity contribution in [1.29, 1.82) is 0 Å². The number of ether oxygens (including phenoxy) is 3. The van der Waals surface area contributed by atoms with Crippen molar-refractivity contribution in [1.82, 2.24) is 5.32 Å². The van der Waals surface area contributed by atoms with Crippen molar-refractivity contribution in [3.63, 3.8) is 0 Å². The largest absolute Gasteiger partial charge is 0.493 e. The maximum absolute atomic E-state index is 12.0. The Bertz CT molecular complexity index is 444. The normalized spacial score (nSPS) is 10.3. The molecule has 1 aromatic carbocycles. The highest BCUT2D eigenvalue weighted by molar-refractivity contribution is 5.95. The molecule has 0 aliphatic heterocycles. The third-order valence-corrected chi connectivity index (χ3v) is 2.54. The number of hydrogen-bond donors (Lipinski definition) is 1. The number of carbonyl (C=O) groups excluding carboxylic acids is 1. The lowest BCUT2D eigenvalue weighted by atomic mass is 10.1. The summed E-state index contributed by atoms with van der Waals surface area (Å²) in [4.78, 5) is 12.0. The summed E-state index contributed by atoms with van der Waals surface area (Å²) < 4.78 is 15.6. The molecule has 0 bridgehead atoms. The van der Waals surface area contributed by atoms with E-state index in [9.17, 15) is 4.79 Å². The summed E-state index contributed by atoms with van der Waals surface area (Å²) in [5, 5.41) is 2.76. The van der Waals surface area contributed by atoms with E-state index < -0.39 is 0 Å². The highest BCUT2D eigenvalue weighted by atomic mass is 16.5. The average Bonchev–Trinajstić information content (AvgIpc) is 2.45. The number of rotatable bonds is 6. The van der Waals surface area contributed by atoms with Gasteiger partial charge < -0.3 is 19.5 Å². The zero-order chi connectivity index (χ0) is 14.3. The Hall–Kier alpha value is -2.17. The second kappa shape index (κ2) is 7.31. The highest BCUT2D eigenvalue weighted by Crippen LogP contribution is 2.38. The Morgan fingerprint density at radius 3 is 2.16 bits per heavy atom. The van der Waals surface area contributed by atoms with Crippen LogP contribution in [0.15, 0.2) is 24.3 Å². The van der Waals surface area contributed by atoms with Gasteiger partial charge >= 0.3 is 0 Å². The zero-order valence-electron chi connectivity index (χ0n) is 11.6. The fourth-order valence-corrected chi connectivity index (χ4v) is 1.58. The molecule has 0 radical (unpaired) electrons. The molecule has 0 saturated carbocycles. The molecule has 0 saturated heterocycles. The summed E-state index contributed by atoms with van der Waals surface area (Å²) in [7, 11) is 4.55. The molecule has 1 N–H and O–H groups in total. The van der Waals surface area contributed by atoms with Crippen molar-refractivity contribution in [3.05, 3.63) is 29.8 Å². The number of carbonyl (C=O) groups is 1. The van der Waals surface area contributed by atoms with Crippen LogP contribution < -0.4 is 19.5 Å². The molecule has 0 aromatic heterocycles. The van der Waals surface area contributed by atoms with E-state index in [1.54, 1.807) is 12.1 Å². The van der Waals surface area contributed by atoms with E-state index in [-0.39, 0.29) is 5.91 Å². The molecule has 0 fully saturated rings. The van der Waals surface area contributed by atoms with Crippen LogP contribution >= 0.6 is 0 Å². The van der Waals surface area contributed by atoms with Gasteiger partial charge in [0.1, 0.15) is 0 Å².